The van der Waals surface area contributed by atoms with Crippen LogP contribution in [0.5, 0.6) is 0 Å². The number of rotatable bonds is 5. The van der Waals surface area contributed by atoms with E-state index < -0.39 is 0 Å². The third kappa shape index (κ3) is 3.72. The normalized spacial score (nSPS) is 32.6. The van der Waals surface area contributed by atoms with Crippen LogP contribution in [0.15, 0.2) is 0 Å². The van der Waals surface area contributed by atoms with Gasteiger partial charge in [-0.1, -0.05) is 6.42 Å². The second-order valence-corrected chi connectivity index (χ2v) is 6.90. The molecule has 2 rings (SSSR count). The molecule has 20 heavy (non-hydrogen) atoms. The lowest BCUT2D eigenvalue weighted by Gasteiger charge is -2.36. The fraction of sp³-hybridized carbons (Fsp3) is 0.938. The molecule has 0 spiro atoms. The van der Waals surface area contributed by atoms with Gasteiger partial charge in [-0.2, -0.15) is 5.26 Å². The maximum Gasteiger partial charge on any atom is 0.109 e. The minimum absolute atomic E-state index is 0.263. The van der Waals surface area contributed by atoms with Crippen molar-refractivity contribution in [2.45, 2.75) is 51.1 Å². The van der Waals surface area contributed by atoms with E-state index in [0.717, 1.165) is 19.4 Å². The van der Waals surface area contributed by atoms with Gasteiger partial charge in [0.05, 0.1) is 6.07 Å². The van der Waals surface area contributed by atoms with E-state index in [-0.39, 0.29) is 5.54 Å². The summed E-state index contributed by atoms with van der Waals surface area (Å²) in [4.78, 5) is 4.96. The van der Waals surface area contributed by atoms with Crippen LogP contribution in [0.25, 0.3) is 0 Å². The third-order valence-corrected chi connectivity index (χ3v) is 4.96. The Morgan fingerprint density at radius 3 is 2.60 bits per heavy atom. The lowest BCUT2D eigenvalue weighted by molar-refractivity contribution is 0.140. The molecular weight excluding hydrogens is 248 g/mol. The molecule has 2 unspecified atom stereocenters. The van der Waals surface area contributed by atoms with Crippen LogP contribution in [0, 0.1) is 17.2 Å². The number of nitriles is 1. The highest BCUT2D eigenvalue weighted by atomic mass is 15.2. The first kappa shape index (κ1) is 15.8. The van der Waals surface area contributed by atoms with Crippen molar-refractivity contribution in [3.8, 4) is 6.07 Å². The average Bonchev–Trinajstić information content (AvgIpc) is 2.81. The van der Waals surface area contributed by atoms with Crippen molar-refractivity contribution in [3.05, 3.63) is 0 Å². The van der Waals surface area contributed by atoms with Crippen molar-refractivity contribution >= 4 is 0 Å². The number of hydrogen-bond acceptors (Lipinski definition) is 4. The van der Waals surface area contributed by atoms with E-state index in [1.54, 1.807) is 0 Å². The molecule has 2 atom stereocenters. The Kier molecular flexibility index (Phi) is 5.42. The zero-order chi connectivity index (χ0) is 14.6. The Morgan fingerprint density at radius 1 is 1.30 bits per heavy atom. The van der Waals surface area contributed by atoms with E-state index in [1.807, 2.05) is 0 Å². The first-order valence-electron chi connectivity index (χ1n) is 8.15. The van der Waals surface area contributed by atoms with Gasteiger partial charge in [0.25, 0.3) is 0 Å². The van der Waals surface area contributed by atoms with Crippen LogP contribution in [-0.4, -0.2) is 61.2 Å². The van der Waals surface area contributed by atoms with E-state index in [0.29, 0.717) is 12.0 Å². The van der Waals surface area contributed by atoms with Crippen molar-refractivity contribution < 1.29 is 0 Å². The molecule has 114 valence electrons. The van der Waals surface area contributed by atoms with E-state index in [2.05, 4.69) is 42.1 Å². The summed E-state index contributed by atoms with van der Waals surface area (Å²) in [5.74, 6) is 0.523. The standard InChI is InChI=1S/C16H30N4/c1-14(2)18-16(13-17)7-4-5-15(16)6-8-20-11-9-19(3)10-12-20/h14-15,18H,4-12H2,1-3H3. The molecule has 0 aromatic carbocycles. The minimum atomic E-state index is -0.263. The molecule has 0 amide bonds. The van der Waals surface area contributed by atoms with Gasteiger partial charge in [0.2, 0.25) is 0 Å². The summed E-state index contributed by atoms with van der Waals surface area (Å²) < 4.78 is 0. The summed E-state index contributed by atoms with van der Waals surface area (Å²) in [6, 6.07) is 3.00. The summed E-state index contributed by atoms with van der Waals surface area (Å²) in [5.41, 5.74) is -0.263. The molecule has 1 saturated carbocycles. The molecule has 0 aromatic heterocycles. The summed E-state index contributed by atoms with van der Waals surface area (Å²) in [6.07, 6.45) is 4.59. The molecule has 1 aliphatic carbocycles. The third-order valence-electron chi connectivity index (χ3n) is 4.96. The molecule has 4 heteroatoms. The maximum absolute atomic E-state index is 9.67. The monoisotopic (exact) mass is 278 g/mol. The average molecular weight is 278 g/mol. The van der Waals surface area contributed by atoms with Crippen LogP contribution in [0.2, 0.25) is 0 Å². The second-order valence-electron chi connectivity index (χ2n) is 6.90. The predicted octanol–water partition coefficient (Wildman–Crippen LogP) is 1.68. The van der Waals surface area contributed by atoms with Gasteiger partial charge in [0.1, 0.15) is 5.54 Å². The molecule has 2 fully saturated rings. The Morgan fingerprint density at radius 2 is 2.00 bits per heavy atom. The first-order chi connectivity index (χ1) is 9.55. The highest BCUT2D eigenvalue weighted by Crippen LogP contribution is 2.38. The zero-order valence-corrected chi connectivity index (χ0v) is 13.4. The van der Waals surface area contributed by atoms with Gasteiger partial charge in [-0.3, -0.25) is 5.32 Å². The smallest absolute Gasteiger partial charge is 0.109 e. The fourth-order valence-electron chi connectivity index (χ4n) is 3.76. The summed E-state index contributed by atoms with van der Waals surface area (Å²) in [7, 11) is 2.20. The van der Waals surface area contributed by atoms with Crippen LogP contribution in [0.3, 0.4) is 0 Å². The number of hydrogen-bond donors (Lipinski definition) is 1. The van der Waals surface area contributed by atoms with E-state index in [9.17, 15) is 5.26 Å². The van der Waals surface area contributed by atoms with Crippen LogP contribution in [0.4, 0.5) is 0 Å². The van der Waals surface area contributed by atoms with Crippen molar-refractivity contribution in [1.82, 2.24) is 15.1 Å². The Bertz CT molecular complexity index is 341. The zero-order valence-electron chi connectivity index (χ0n) is 13.4. The number of likely N-dealkylation sites (N-methyl/N-ethyl adjacent to an activating group) is 1. The van der Waals surface area contributed by atoms with E-state index in [4.69, 9.17) is 0 Å². The van der Waals surface area contributed by atoms with Gasteiger partial charge >= 0.3 is 0 Å². The number of nitrogens with zero attached hydrogens (tertiary/aromatic N) is 3. The molecule has 2 aliphatic rings. The number of nitrogens with one attached hydrogen (secondary N) is 1. The summed E-state index contributed by atoms with van der Waals surface area (Å²) in [6.45, 7) is 10.2. The Balaban J connectivity index is 1.86. The van der Waals surface area contributed by atoms with Crippen LogP contribution in [0.1, 0.15) is 39.5 Å². The SMILES string of the molecule is CC(C)NC1(C#N)CCCC1CCN1CCN(C)CC1. The van der Waals surface area contributed by atoms with Gasteiger partial charge < -0.3 is 9.80 Å². The maximum atomic E-state index is 9.67. The van der Waals surface area contributed by atoms with Crippen LogP contribution >= 0.6 is 0 Å². The van der Waals surface area contributed by atoms with Gasteiger partial charge in [0.15, 0.2) is 0 Å². The van der Waals surface area contributed by atoms with Crippen LogP contribution < -0.4 is 5.32 Å². The summed E-state index contributed by atoms with van der Waals surface area (Å²) >= 11 is 0. The molecule has 0 bridgehead atoms. The molecule has 4 nitrogen and oxygen atoms in total. The van der Waals surface area contributed by atoms with Crippen molar-refractivity contribution in [3.63, 3.8) is 0 Å². The fourth-order valence-corrected chi connectivity index (χ4v) is 3.76. The van der Waals surface area contributed by atoms with Gasteiger partial charge in [-0.05, 0) is 52.6 Å². The van der Waals surface area contributed by atoms with Gasteiger partial charge in [0, 0.05) is 32.2 Å². The molecule has 0 radical (unpaired) electrons. The van der Waals surface area contributed by atoms with E-state index in [1.165, 1.54) is 39.0 Å². The molecule has 0 aromatic rings. The molecular formula is C16H30N4. The van der Waals surface area contributed by atoms with Crippen molar-refractivity contribution in [2.24, 2.45) is 5.92 Å². The predicted molar refractivity (Wildman–Crippen MR) is 82.5 cm³/mol. The van der Waals surface area contributed by atoms with Crippen molar-refractivity contribution in [1.29, 1.82) is 5.26 Å². The Labute approximate surface area is 124 Å². The van der Waals surface area contributed by atoms with Gasteiger partial charge in [-0.15, -0.1) is 0 Å². The molecule has 1 heterocycles. The highest BCUT2D eigenvalue weighted by molar-refractivity contribution is 5.14. The first-order valence-corrected chi connectivity index (χ1v) is 8.15. The Hall–Kier alpha value is -0.630. The highest BCUT2D eigenvalue weighted by Gasteiger charge is 2.43. The number of piperazine rings is 1. The topological polar surface area (TPSA) is 42.3 Å². The van der Waals surface area contributed by atoms with Gasteiger partial charge in [-0.25, -0.2) is 0 Å². The lowest BCUT2D eigenvalue weighted by atomic mass is 9.85. The van der Waals surface area contributed by atoms with Crippen LogP contribution in [-0.2, 0) is 0 Å². The van der Waals surface area contributed by atoms with Crippen molar-refractivity contribution in [2.75, 3.05) is 39.8 Å². The summed E-state index contributed by atoms with van der Waals surface area (Å²) in [5, 5.41) is 13.2. The molecule has 1 aliphatic heterocycles. The largest absolute Gasteiger partial charge is 0.304 e. The molecule has 1 N–H and O–H groups in total. The minimum Gasteiger partial charge on any atom is -0.304 e. The van der Waals surface area contributed by atoms with E-state index >= 15 is 0 Å². The molecule has 1 saturated heterocycles. The lowest BCUT2D eigenvalue weighted by Crippen LogP contribution is -2.51. The second kappa shape index (κ2) is 6.89. The quantitative estimate of drug-likeness (QED) is 0.831.